The van der Waals surface area contributed by atoms with Gasteiger partial charge in [0.05, 0.1) is 5.69 Å². The van der Waals surface area contributed by atoms with E-state index in [0.29, 0.717) is 5.95 Å². The van der Waals surface area contributed by atoms with Crippen molar-refractivity contribution >= 4 is 11.6 Å². The van der Waals surface area contributed by atoms with Gasteiger partial charge in [0, 0.05) is 31.0 Å². The molecule has 0 bridgehead atoms. The number of aromatic amines is 1. The monoisotopic (exact) mass is 231 g/mol. The highest BCUT2D eigenvalue weighted by molar-refractivity contribution is 5.66. The zero-order valence-corrected chi connectivity index (χ0v) is 10.3. The van der Waals surface area contributed by atoms with Crippen molar-refractivity contribution in [1.29, 1.82) is 0 Å². The van der Waals surface area contributed by atoms with E-state index >= 15 is 0 Å². The van der Waals surface area contributed by atoms with Gasteiger partial charge in [0.25, 0.3) is 0 Å². The molecule has 0 saturated heterocycles. The highest BCUT2D eigenvalue weighted by Crippen LogP contribution is 2.24. The molecule has 1 aromatic carbocycles. The van der Waals surface area contributed by atoms with Gasteiger partial charge in [-0.05, 0) is 19.1 Å². The first-order valence-corrected chi connectivity index (χ1v) is 5.43. The van der Waals surface area contributed by atoms with Gasteiger partial charge in [0.1, 0.15) is 0 Å². The molecule has 0 fully saturated rings. The first kappa shape index (κ1) is 11.5. The zero-order chi connectivity index (χ0) is 12.4. The number of nitrogens with zero attached hydrogens (tertiary/aromatic N) is 2. The summed E-state index contributed by atoms with van der Waals surface area (Å²) in [5.74, 6) is 5.90. The van der Waals surface area contributed by atoms with Gasteiger partial charge in [-0.15, -0.1) is 0 Å². The summed E-state index contributed by atoms with van der Waals surface area (Å²) in [6.07, 6.45) is 0. The third-order valence-corrected chi connectivity index (χ3v) is 2.68. The number of anilines is 2. The zero-order valence-electron chi connectivity index (χ0n) is 10.3. The molecule has 1 aromatic heterocycles. The molecule has 90 valence electrons. The van der Waals surface area contributed by atoms with Crippen molar-refractivity contribution in [3.63, 3.8) is 0 Å². The summed E-state index contributed by atoms with van der Waals surface area (Å²) < 4.78 is 0. The average Bonchev–Trinajstić information content (AvgIpc) is 2.71. The molecule has 0 spiro atoms. The second kappa shape index (κ2) is 4.47. The molecular formula is C12H17N5. The molecule has 0 aliphatic carbocycles. The van der Waals surface area contributed by atoms with E-state index in [0.717, 1.165) is 17.0 Å². The summed E-state index contributed by atoms with van der Waals surface area (Å²) in [7, 11) is 4.04. The van der Waals surface area contributed by atoms with Crippen LogP contribution >= 0.6 is 0 Å². The van der Waals surface area contributed by atoms with Crippen LogP contribution in [0.15, 0.2) is 24.3 Å². The van der Waals surface area contributed by atoms with E-state index in [-0.39, 0.29) is 0 Å². The fourth-order valence-corrected chi connectivity index (χ4v) is 1.73. The second-order valence-electron chi connectivity index (χ2n) is 4.14. The Morgan fingerprint density at radius 3 is 2.35 bits per heavy atom. The molecule has 0 unspecified atom stereocenters. The normalized spacial score (nSPS) is 10.4. The van der Waals surface area contributed by atoms with E-state index in [9.17, 15) is 0 Å². The Balaban J connectivity index is 2.36. The molecule has 0 amide bonds. The second-order valence-corrected chi connectivity index (χ2v) is 4.14. The van der Waals surface area contributed by atoms with Crippen LogP contribution in [0.2, 0.25) is 0 Å². The molecule has 0 radical (unpaired) electrons. The molecule has 5 heteroatoms. The van der Waals surface area contributed by atoms with Crippen LogP contribution in [0.5, 0.6) is 0 Å². The standard InChI is InChI=1S/C12H17N5/c1-8-11(15-12(14-8)16-13)9-4-6-10(7-5-9)17(2)3/h4-7H,13H2,1-3H3,(H2,14,15,16). The van der Waals surface area contributed by atoms with Gasteiger partial charge >= 0.3 is 0 Å². The number of hydrogen-bond donors (Lipinski definition) is 3. The molecule has 1 heterocycles. The van der Waals surface area contributed by atoms with Crippen molar-refractivity contribution in [3.8, 4) is 11.3 Å². The van der Waals surface area contributed by atoms with Crippen LogP contribution in [-0.2, 0) is 0 Å². The Hall–Kier alpha value is -2.01. The molecular weight excluding hydrogens is 214 g/mol. The lowest BCUT2D eigenvalue weighted by atomic mass is 10.1. The van der Waals surface area contributed by atoms with Crippen molar-refractivity contribution in [2.24, 2.45) is 5.84 Å². The molecule has 2 aromatic rings. The number of rotatable bonds is 3. The maximum Gasteiger partial charge on any atom is 0.215 e. The summed E-state index contributed by atoms with van der Waals surface area (Å²) in [4.78, 5) is 9.50. The molecule has 0 atom stereocenters. The van der Waals surface area contributed by atoms with Crippen LogP contribution in [0.25, 0.3) is 11.3 Å². The number of nitrogens with two attached hydrogens (primary N) is 1. The average molecular weight is 231 g/mol. The molecule has 4 N–H and O–H groups in total. The van der Waals surface area contributed by atoms with E-state index in [1.54, 1.807) is 0 Å². The summed E-state index contributed by atoms with van der Waals surface area (Å²) in [5, 5.41) is 0. The Kier molecular flexibility index (Phi) is 3.01. The van der Waals surface area contributed by atoms with E-state index in [2.05, 4.69) is 44.6 Å². The van der Waals surface area contributed by atoms with Gasteiger partial charge in [0.15, 0.2) is 0 Å². The first-order valence-electron chi connectivity index (χ1n) is 5.43. The maximum atomic E-state index is 5.32. The van der Waals surface area contributed by atoms with Crippen molar-refractivity contribution in [2.45, 2.75) is 6.92 Å². The van der Waals surface area contributed by atoms with Crippen molar-refractivity contribution in [3.05, 3.63) is 30.0 Å². The lowest BCUT2D eigenvalue weighted by Gasteiger charge is -2.12. The lowest BCUT2D eigenvalue weighted by molar-refractivity contribution is 1.13. The molecule has 17 heavy (non-hydrogen) atoms. The minimum atomic E-state index is 0.578. The number of nitrogen functional groups attached to an aromatic ring is 1. The van der Waals surface area contributed by atoms with E-state index < -0.39 is 0 Å². The summed E-state index contributed by atoms with van der Waals surface area (Å²) in [6, 6.07) is 8.25. The molecule has 0 saturated carbocycles. The molecule has 0 aliphatic heterocycles. The number of H-pyrrole nitrogens is 1. The Labute approximate surface area is 101 Å². The van der Waals surface area contributed by atoms with Gasteiger partial charge in [-0.1, -0.05) is 12.1 Å². The minimum absolute atomic E-state index is 0.578. The molecule has 0 aliphatic rings. The fourth-order valence-electron chi connectivity index (χ4n) is 1.73. The smallest absolute Gasteiger partial charge is 0.215 e. The van der Waals surface area contributed by atoms with Crippen LogP contribution < -0.4 is 16.2 Å². The number of benzene rings is 1. The molecule has 5 nitrogen and oxygen atoms in total. The Morgan fingerprint density at radius 1 is 1.24 bits per heavy atom. The van der Waals surface area contributed by atoms with Crippen molar-refractivity contribution < 1.29 is 0 Å². The lowest BCUT2D eigenvalue weighted by Crippen LogP contribution is -2.08. The summed E-state index contributed by atoms with van der Waals surface area (Å²) in [5.41, 5.74) is 6.67. The largest absolute Gasteiger partial charge is 0.378 e. The van der Waals surface area contributed by atoms with E-state index in [4.69, 9.17) is 5.84 Å². The fraction of sp³-hybridized carbons (Fsp3) is 0.250. The number of aryl methyl sites for hydroxylation is 1. The quantitative estimate of drug-likeness (QED) is 0.556. The molecule has 2 rings (SSSR count). The van der Waals surface area contributed by atoms with Gasteiger partial charge in [-0.3, -0.25) is 5.43 Å². The van der Waals surface area contributed by atoms with E-state index in [1.165, 1.54) is 5.69 Å². The van der Waals surface area contributed by atoms with Crippen molar-refractivity contribution in [2.75, 3.05) is 24.4 Å². The van der Waals surface area contributed by atoms with Crippen LogP contribution in [0.4, 0.5) is 11.6 Å². The highest BCUT2D eigenvalue weighted by Gasteiger charge is 2.08. The van der Waals surface area contributed by atoms with Crippen LogP contribution in [-0.4, -0.2) is 24.1 Å². The maximum absolute atomic E-state index is 5.32. The van der Waals surface area contributed by atoms with Crippen molar-refractivity contribution in [1.82, 2.24) is 9.97 Å². The SMILES string of the molecule is Cc1[nH]c(NN)nc1-c1ccc(N(C)C)cc1. The Morgan fingerprint density at radius 2 is 1.88 bits per heavy atom. The third-order valence-electron chi connectivity index (χ3n) is 2.68. The predicted molar refractivity (Wildman–Crippen MR) is 70.9 cm³/mol. The topological polar surface area (TPSA) is 70.0 Å². The van der Waals surface area contributed by atoms with E-state index in [1.807, 2.05) is 21.0 Å². The Bertz CT molecular complexity index is 498. The van der Waals surface area contributed by atoms with Gasteiger partial charge in [0.2, 0.25) is 5.95 Å². The van der Waals surface area contributed by atoms with Gasteiger partial charge in [-0.25, -0.2) is 10.8 Å². The van der Waals surface area contributed by atoms with Crippen LogP contribution in [0, 0.1) is 6.92 Å². The predicted octanol–water partition coefficient (Wildman–Crippen LogP) is 1.74. The summed E-state index contributed by atoms with van der Waals surface area (Å²) >= 11 is 0. The minimum Gasteiger partial charge on any atom is -0.378 e. The van der Waals surface area contributed by atoms with Gasteiger partial charge in [-0.2, -0.15) is 0 Å². The number of hydrogen-bond acceptors (Lipinski definition) is 4. The number of hydrazine groups is 1. The number of imidazole rings is 1. The van der Waals surface area contributed by atoms with Crippen LogP contribution in [0.3, 0.4) is 0 Å². The number of aromatic nitrogens is 2. The number of nitrogens with one attached hydrogen (secondary N) is 2. The highest BCUT2D eigenvalue weighted by atomic mass is 15.3. The van der Waals surface area contributed by atoms with Crippen LogP contribution in [0.1, 0.15) is 5.69 Å². The first-order chi connectivity index (χ1) is 8.11. The van der Waals surface area contributed by atoms with Gasteiger partial charge < -0.3 is 9.88 Å². The third kappa shape index (κ3) is 2.24. The summed E-state index contributed by atoms with van der Waals surface area (Å²) in [6.45, 7) is 1.98.